The van der Waals surface area contributed by atoms with Crippen LogP contribution in [0.4, 0.5) is 21.8 Å². The van der Waals surface area contributed by atoms with Gasteiger partial charge in [-0.05, 0) is 24.6 Å². The molecule has 3 rings (SSSR count). The molecule has 1 aliphatic heterocycles. The average molecular weight is 340 g/mol. The summed E-state index contributed by atoms with van der Waals surface area (Å²) in [5.41, 5.74) is 0.762. The van der Waals surface area contributed by atoms with Crippen LogP contribution >= 0.6 is 0 Å². The monoisotopic (exact) mass is 340 g/mol. The number of anilines is 3. The Balaban J connectivity index is 1.79. The second-order valence-electron chi connectivity index (χ2n) is 6.36. The Morgan fingerprint density at radius 1 is 1.28 bits per heavy atom. The van der Waals surface area contributed by atoms with Crippen LogP contribution in [0.15, 0.2) is 30.5 Å². The number of nitriles is 1. The van der Waals surface area contributed by atoms with Crippen LogP contribution in [0.1, 0.15) is 12.0 Å². The van der Waals surface area contributed by atoms with E-state index in [2.05, 4.69) is 16.0 Å². The highest BCUT2D eigenvalue weighted by Crippen LogP contribution is 2.29. The minimum Gasteiger partial charge on any atom is -0.366 e. The first-order valence-corrected chi connectivity index (χ1v) is 8.18. The number of para-hydroxylation sites is 1. The van der Waals surface area contributed by atoms with E-state index in [-0.39, 0.29) is 11.9 Å². The van der Waals surface area contributed by atoms with E-state index in [4.69, 9.17) is 0 Å². The summed E-state index contributed by atoms with van der Waals surface area (Å²) >= 11 is 0. The predicted molar refractivity (Wildman–Crippen MR) is 96.5 cm³/mol. The molecule has 0 N–H and O–H groups in total. The summed E-state index contributed by atoms with van der Waals surface area (Å²) in [4.78, 5) is 14.8. The maximum absolute atomic E-state index is 14.2. The number of benzene rings is 1. The van der Waals surface area contributed by atoms with Crippen LogP contribution in [0.3, 0.4) is 0 Å². The van der Waals surface area contributed by atoms with Crippen LogP contribution in [-0.4, -0.2) is 50.2 Å². The maximum Gasteiger partial charge on any atom is 0.227 e. The van der Waals surface area contributed by atoms with Crippen molar-refractivity contribution in [3.05, 3.63) is 41.8 Å². The van der Waals surface area contributed by atoms with Crippen molar-refractivity contribution >= 4 is 17.5 Å². The molecule has 1 atom stereocenters. The van der Waals surface area contributed by atoms with Crippen LogP contribution in [0.25, 0.3) is 0 Å². The van der Waals surface area contributed by atoms with Gasteiger partial charge in [0.1, 0.15) is 17.7 Å². The van der Waals surface area contributed by atoms with Crippen molar-refractivity contribution in [3.63, 3.8) is 0 Å². The molecule has 0 saturated carbocycles. The van der Waals surface area contributed by atoms with Gasteiger partial charge in [0.25, 0.3) is 0 Å². The molecule has 0 radical (unpaired) electrons. The van der Waals surface area contributed by atoms with Gasteiger partial charge in [0.05, 0.1) is 17.3 Å². The van der Waals surface area contributed by atoms with Gasteiger partial charge in [-0.3, -0.25) is 0 Å². The van der Waals surface area contributed by atoms with E-state index >= 15 is 0 Å². The number of hydrogen-bond acceptors (Lipinski definition) is 6. The van der Waals surface area contributed by atoms with Gasteiger partial charge in [0.15, 0.2) is 0 Å². The summed E-state index contributed by atoms with van der Waals surface area (Å²) in [5.74, 6) is 1.13. The van der Waals surface area contributed by atoms with Crippen molar-refractivity contribution in [2.24, 2.45) is 0 Å². The molecule has 1 aromatic carbocycles. The number of rotatable bonds is 4. The molecule has 0 amide bonds. The lowest BCUT2D eigenvalue weighted by atomic mass is 10.1. The van der Waals surface area contributed by atoms with Crippen LogP contribution < -0.4 is 14.7 Å². The van der Waals surface area contributed by atoms with Crippen molar-refractivity contribution in [1.29, 1.82) is 5.26 Å². The lowest BCUT2D eigenvalue weighted by Gasteiger charge is -2.26. The summed E-state index contributed by atoms with van der Waals surface area (Å²) in [7, 11) is 5.82. The smallest absolute Gasteiger partial charge is 0.227 e. The average Bonchev–Trinajstić information content (AvgIpc) is 3.10. The lowest BCUT2D eigenvalue weighted by molar-refractivity contribution is 0.621. The van der Waals surface area contributed by atoms with Crippen molar-refractivity contribution in [3.8, 4) is 6.07 Å². The zero-order valence-electron chi connectivity index (χ0n) is 14.6. The highest BCUT2D eigenvalue weighted by atomic mass is 19.1. The molecule has 1 aliphatic rings. The summed E-state index contributed by atoms with van der Waals surface area (Å²) in [6.07, 6.45) is 2.59. The summed E-state index contributed by atoms with van der Waals surface area (Å²) in [6, 6.07) is 8.72. The molecular formula is C18H21FN6. The molecule has 0 spiro atoms. The van der Waals surface area contributed by atoms with Crippen LogP contribution in [0.2, 0.25) is 0 Å². The molecule has 2 aromatic rings. The molecule has 7 heteroatoms. The third kappa shape index (κ3) is 3.33. The van der Waals surface area contributed by atoms with Gasteiger partial charge in [0, 0.05) is 40.4 Å². The molecule has 6 nitrogen and oxygen atoms in total. The number of likely N-dealkylation sites (N-methyl/N-ethyl adjacent to an activating group) is 1. The first-order chi connectivity index (χ1) is 12.0. The molecule has 1 aromatic heterocycles. The molecular weight excluding hydrogens is 319 g/mol. The maximum atomic E-state index is 14.2. The van der Waals surface area contributed by atoms with Crippen LogP contribution in [-0.2, 0) is 0 Å². The molecule has 25 heavy (non-hydrogen) atoms. The van der Waals surface area contributed by atoms with Gasteiger partial charge in [-0.1, -0.05) is 6.07 Å². The Bertz CT molecular complexity index is 800. The van der Waals surface area contributed by atoms with Gasteiger partial charge in [0.2, 0.25) is 5.95 Å². The van der Waals surface area contributed by atoms with E-state index in [1.165, 1.54) is 6.07 Å². The molecule has 1 fully saturated rings. The molecule has 0 bridgehead atoms. The van der Waals surface area contributed by atoms with E-state index in [0.29, 0.717) is 30.3 Å². The van der Waals surface area contributed by atoms with E-state index in [1.54, 1.807) is 18.3 Å². The predicted octanol–water partition coefficient (Wildman–Crippen LogP) is 2.27. The fraction of sp³-hybridized carbons (Fsp3) is 0.389. The van der Waals surface area contributed by atoms with Crippen molar-refractivity contribution in [1.82, 2.24) is 9.97 Å². The van der Waals surface area contributed by atoms with Gasteiger partial charge < -0.3 is 14.7 Å². The minimum absolute atomic E-state index is 0.156. The number of aromatic nitrogens is 2. The summed E-state index contributed by atoms with van der Waals surface area (Å²) < 4.78 is 14.2. The zero-order valence-corrected chi connectivity index (χ0v) is 14.6. The highest BCUT2D eigenvalue weighted by molar-refractivity contribution is 5.61. The Morgan fingerprint density at radius 3 is 2.80 bits per heavy atom. The van der Waals surface area contributed by atoms with Gasteiger partial charge in [-0.15, -0.1) is 0 Å². The fourth-order valence-corrected chi connectivity index (χ4v) is 3.11. The van der Waals surface area contributed by atoms with Gasteiger partial charge >= 0.3 is 0 Å². The number of nitrogens with zero attached hydrogens (tertiary/aromatic N) is 6. The van der Waals surface area contributed by atoms with Gasteiger partial charge in [-0.25, -0.2) is 9.37 Å². The Kier molecular flexibility index (Phi) is 4.70. The van der Waals surface area contributed by atoms with Crippen molar-refractivity contribution < 1.29 is 4.39 Å². The second kappa shape index (κ2) is 6.93. The zero-order chi connectivity index (χ0) is 18.0. The standard InChI is InChI=1S/C18H21FN6/c1-23(2)16-7-9-21-18(22-16)24(3)14-8-10-25(12-14)17-13(11-20)5-4-6-15(17)19/h4-7,9,14H,8,10,12H2,1-3H3. The topological polar surface area (TPSA) is 59.3 Å². The Labute approximate surface area is 147 Å². The summed E-state index contributed by atoms with van der Waals surface area (Å²) in [6.45, 7) is 1.32. The minimum atomic E-state index is -0.354. The molecule has 1 saturated heterocycles. The first kappa shape index (κ1) is 17.0. The largest absolute Gasteiger partial charge is 0.366 e. The number of halogens is 1. The normalized spacial score (nSPS) is 16.6. The van der Waals surface area contributed by atoms with Crippen LogP contribution in [0, 0.1) is 17.1 Å². The molecule has 2 heterocycles. The lowest BCUT2D eigenvalue weighted by Crippen LogP contribution is -2.36. The Hall–Kier alpha value is -2.88. The third-order valence-corrected chi connectivity index (χ3v) is 4.54. The quantitative estimate of drug-likeness (QED) is 0.851. The highest BCUT2D eigenvalue weighted by Gasteiger charge is 2.30. The van der Waals surface area contributed by atoms with E-state index in [1.807, 2.05) is 41.9 Å². The van der Waals surface area contributed by atoms with Crippen LogP contribution in [0.5, 0.6) is 0 Å². The van der Waals surface area contributed by atoms with E-state index < -0.39 is 0 Å². The fourth-order valence-electron chi connectivity index (χ4n) is 3.11. The summed E-state index contributed by atoms with van der Waals surface area (Å²) in [5, 5.41) is 9.26. The third-order valence-electron chi connectivity index (χ3n) is 4.54. The van der Waals surface area contributed by atoms with Crippen molar-refractivity contribution in [2.75, 3.05) is 48.9 Å². The molecule has 0 aliphatic carbocycles. The molecule has 130 valence electrons. The van der Waals surface area contributed by atoms with Gasteiger partial charge in [-0.2, -0.15) is 10.2 Å². The van der Waals surface area contributed by atoms with Crippen molar-refractivity contribution in [2.45, 2.75) is 12.5 Å². The van der Waals surface area contributed by atoms with E-state index in [0.717, 1.165) is 12.2 Å². The SMILES string of the molecule is CN(C)c1ccnc(N(C)C2CCN(c3c(F)cccc3C#N)C2)n1. The molecule has 1 unspecified atom stereocenters. The Morgan fingerprint density at radius 2 is 2.08 bits per heavy atom. The van der Waals surface area contributed by atoms with E-state index in [9.17, 15) is 9.65 Å². The number of hydrogen-bond donors (Lipinski definition) is 0. The second-order valence-corrected chi connectivity index (χ2v) is 6.36. The first-order valence-electron chi connectivity index (χ1n) is 8.18.